The second kappa shape index (κ2) is 6.75. The Kier molecular flexibility index (Phi) is 5.62. The first kappa shape index (κ1) is 15.0. The summed E-state index contributed by atoms with van der Waals surface area (Å²) < 4.78 is 28.0. The molecule has 1 aromatic rings. The van der Waals surface area contributed by atoms with Gasteiger partial charge in [-0.05, 0) is 31.0 Å². The summed E-state index contributed by atoms with van der Waals surface area (Å²) in [6.07, 6.45) is 0.519. The van der Waals surface area contributed by atoms with Crippen LogP contribution in [-0.4, -0.2) is 26.5 Å². The standard InChI is InChI=1S/C13H21NO3S/c1-3-18(15,16)10-4-9-17-13-7-5-12(6-8-13)11(2)14/h5-8,11H,3-4,9-10,14H2,1-2H3. The Morgan fingerprint density at radius 2 is 1.89 bits per heavy atom. The van der Waals surface area contributed by atoms with Crippen molar-refractivity contribution in [2.75, 3.05) is 18.1 Å². The van der Waals surface area contributed by atoms with E-state index in [0.29, 0.717) is 13.0 Å². The van der Waals surface area contributed by atoms with Gasteiger partial charge < -0.3 is 10.5 Å². The van der Waals surface area contributed by atoms with Crippen LogP contribution >= 0.6 is 0 Å². The molecule has 0 saturated carbocycles. The van der Waals surface area contributed by atoms with E-state index in [1.165, 1.54) is 0 Å². The topological polar surface area (TPSA) is 69.4 Å². The molecule has 0 amide bonds. The summed E-state index contributed by atoms with van der Waals surface area (Å²) in [5.41, 5.74) is 6.79. The smallest absolute Gasteiger partial charge is 0.150 e. The maximum absolute atomic E-state index is 11.3. The average Bonchev–Trinajstić information content (AvgIpc) is 2.35. The zero-order valence-electron chi connectivity index (χ0n) is 10.9. The zero-order valence-corrected chi connectivity index (χ0v) is 11.7. The summed E-state index contributed by atoms with van der Waals surface area (Å²) in [7, 11) is -2.89. The van der Waals surface area contributed by atoms with Crippen LogP contribution in [0.2, 0.25) is 0 Å². The summed E-state index contributed by atoms with van der Waals surface area (Å²) >= 11 is 0. The van der Waals surface area contributed by atoms with Gasteiger partial charge in [-0.2, -0.15) is 0 Å². The van der Waals surface area contributed by atoms with Crippen LogP contribution in [-0.2, 0) is 9.84 Å². The predicted octanol–water partition coefficient (Wildman–Crippen LogP) is 1.91. The molecule has 4 nitrogen and oxygen atoms in total. The summed E-state index contributed by atoms with van der Waals surface area (Å²) in [5, 5.41) is 0. The summed E-state index contributed by atoms with van der Waals surface area (Å²) in [6.45, 7) is 3.99. The largest absolute Gasteiger partial charge is 0.494 e. The van der Waals surface area contributed by atoms with Crippen LogP contribution in [0.1, 0.15) is 31.9 Å². The number of nitrogens with two attached hydrogens (primary N) is 1. The SMILES string of the molecule is CCS(=O)(=O)CCCOc1ccc(C(C)N)cc1. The van der Waals surface area contributed by atoms with Gasteiger partial charge in [-0.15, -0.1) is 0 Å². The van der Waals surface area contributed by atoms with Crippen LogP contribution < -0.4 is 10.5 Å². The van der Waals surface area contributed by atoms with Crippen molar-refractivity contribution in [2.24, 2.45) is 5.73 Å². The Labute approximate surface area is 109 Å². The fourth-order valence-electron chi connectivity index (χ4n) is 1.48. The second-order valence-electron chi connectivity index (χ2n) is 4.30. The van der Waals surface area contributed by atoms with Gasteiger partial charge in [-0.25, -0.2) is 8.42 Å². The average molecular weight is 271 g/mol. The fraction of sp³-hybridized carbons (Fsp3) is 0.538. The predicted molar refractivity (Wildman–Crippen MR) is 73.5 cm³/mol. The molecule has 0 aromatic heterocycles. The normalized spacial score (nSPS) is 13.3. The maximum Gasteiger partial charge on any atom is 0.150 e. The highest BCUT2D eigenvalue weighted by atomic mass is 32.2. The molecule has 0 heterocycles. The van der Waals surface area contributed by atoms with Crippen molar-refractivity contribution < 1.29 is 13.2 Å². The summed E-state index contributed by atoms with van der Waals surface area (Å²) in [6, 6.07) is 7.56. The van der Waals surface area contributed by atoms with Gasteiger partial charge in [-0.1, -0.05) is 19.1 Å². The third kappa shape index (κ3) is 5.06. The second-order valence-corrected chi connectivity index (χ2v) is 6.77. The molecule has 1 atom stereocenters. The first-order valence-electron chi connectivity index (χ1n) is 6.13. The third-order valence-corrected chi connectivity index (χ3v) is 4.50. The van der Waals surface area contributed by atoms with E-state index < -0.39 is 9.84 Å². The first-order chi connectivity index (χ1) is 8.44. The molecule has 0 saturated heterocycles. The van der Waals surface area contributed by atoms with Crippen molar-refractivity contribution in [3.8, 4) is 5.75 Å². The minimum atomic E-state index is -2.89. The lowest BCUT2D eigenvalue weighted by molar-refractivity contribution is 0.317. The minimum Gasteiger partial charge on any atom is -0.494 e. The van der Waals surface area contributed by atoms with Crippen molar-refractivity contribution in [1.29, 1.82) is 0 Å². The molecule has 0 aliphatic heterocycles. The lowest BCUT2D eigenvalue weighted by atomic mass is 10.1. The van der Waals surface area contributed by atoms with E-state index >= 15 is 0 Å². The number of sulfone groups is 1. The molecular formula is C13H21NO3S. The van der Waals surface area contributed by atoms with E-state index in [9.17, 15) is 8.42 Å². The molecule has 1 rings (SSSR count). The molecule has 5 heteroatoms. The van der Waals surface area contributed by atoms with Gasteiger partial charge in [0, 0.05) is 11.8 Å². The Hall–Kier alpha value is -1.07. The van der Waals surface area contributed by atoms with Gasteiger partial charge in [0.05, 0.1) is 12.4 Å². The van der Waals surface area contributed by atoms with E-state index in [2.05, 4.69) is 0 Å². The van der Waals surface area contributed by atoms with Crippen LogP contribution in [0.4, 0.5) is 0 Å². The molecule has 102 valence electrons. The van der Waals surface area contributed by atoms with E-state index in [1.807, 2.05) is 31.2 Å². The van der Waals surface area contributed by atoms with Gasteiger partial charge in [0.2, 0.25) is 0 Å². The molecule has 2 N–H and O–H groups in total. The van der Waals surface area contributed by atoms with Gasteiger partial charge in [0.25, 0.3) is 0 Å². The van der Waals surface area contributed by atoms with Crippen LogP contribution in [0, 0.1) is 0 Å². The van der Waals surface area contributed by atoms with Gasteiger partial charge in [-0.3, -0.25) is 0 Å². The first-order valence-corrected chi connectivity index (χ1v) is 7.95. The maximum atomic E-state index is 11.3. The highest BCUT2D eigenvalue weighted by Gasteiger charge is 2.06. The van der Waals surface area contributed by atoms with E-state index in [1.54, 1.807) is 6.92 Å². The van der Waals surface area contributed by atoms with Gasteiger partial charge in [0.1, 0.15) is 15.6 Å². The van der Waals surface area contributed by atoms with E-state index in [4.69, 9.17) is 10.5 Å². The zero-order chi connectivity index (χ0) is 13.6. The molecule has 1 aromatic carbocycles. The molecule has 18 heavy (non-hydrogen) atoms. The van der Waals surface area contributed by atoms with Gasteiger partial charge >= 0.3 is 0 Å². The minimum absolute atomic E-state index is 0.00810. The molecule has 0 aliphatic carbocycles. The Morgan fingerprint density at radius 1 is 1.28 bits per heavy atom. The number of hydrogen-bond donors (Lipinski definition) is 1. The molecule has 0 bridgehead atoms. The monoisotopic (exact) mass is 271 g/mol. The molecule has 1 unspecified atom stereocenters. The highest BCUT2D eigenvalue weighted by Crippen LogP contribution is 2.16. The summed E-state index contributed by atoms with van der Waals surface area (Å²) in [5.74, 6) is 1.12. The molecule has 0 aliphatic rings. The van der Waals surface area contributed by atoms with Crippen molar-refractivity contribution in [1.82, 2.24) is 0 Å². The van der Waals surface area contributed by atoms with E-state index in [0.717, 1.165) is 11.3 Å². The number of hydrogen-bond acceptors (Lipinski definition) is 4. The fourth-order valence-corrected chi connectivity index (χ4v) is 2.33. The number of rotatable bonds is 7. The van der Waals surface area contributed by atoms with Crippen LogP contribution in [0.15, 0.2) is 24.3 Å². The van der Waals surface area contributed by atoms with Crippen LogP contribution in [0.5, 0.6) is 5.75 Å². The molecular weight excluding hydrogens is 250 g/mol. The lowest BCUT2D eigenvalue weighted by Crippen LogP contribution is -2.11. The molecule has 0 fully saturated rings. The Balaban J connectivity index is 2.36. The lowest BCUT2D eigenvalue weighted by Gasteiger charge is -2.09. The number of benzene rings is 1. The number of ether oxygens (including phenoxy) is 1. The Morgan fingerprint density at radius 3 is 2.39 bits per heavy atom. The van der Waals surface area contributed by atoms with Crippen molar-refractivity contribution in [3.05, 3.63) is 29.8 Å². The summed E-state index contributed by atoms with van der Waals surface area (Å²) in [4.78, 5) is 0. The molecule has 0 radical (unpaired) electrons. The van der Waals surface area contributed by atoms with Gasteiger partial charge in [0.15, 0.2) is 0 Å². The Bertz CT molecular complexity index is 452. The third-order valence-electron chi connectivity index (χ3n) is 2.71. The van der Waals surface area contributed by atoms with Crippen LogP contribution in [0.25, 0.3) is 0 Å². The highest BCUT2D eigenvalue weighted by molar-refractivity contribution is 7.91. The van der Waals surface area contributed by atoms with E-state index in [-0.39, 0.29) is 17.5 Å². The van der Waals surface area contributed by atoms with Crippen molar-refractivity contribution in [2.45, 2.75) is 26.3 Å². The van der Waals surface area contributed by atoms with Crippen molar-refractivity contribution >= 4 is 9.84 Å². The molecule has 0 spiro atoms. The van der Waals surface area contributed by atoms with Crippen molar-refractivity contribution in [3.63, 3.8) is 0 Å². The quantitative estimate of drug-likeness (QED) is 0.769. The van der Waals surface area contributed by atoms with Crippen LogP contribution in [0.3, 0.4) is 0 Å².